The van der Waals surface area contributed by atoms with Gasteiger partial charge in [-0.2, -0.15) is 13.5 Å². The fourth-order valence-electron chi connectivity index (χ4n) is 0.764. The van der Waals surface area contributed by atoms with Crippen LogP contribution in [0.3, 0.4) is 0 Å². The highest BCUT2D eigenvalue weighted by atomic mass is 32.2. The van der Waals surface area contributed by atoms with E-state index in [0.717, 1.165) is 0 Å². The molecule has 0 N–H and O–H groups in total. The summed E-state index contributed by atoms with van der Waals surface area (Å²) in [7, 11) is 0. The van der Waals surface area contributed by atoms with Gasteiger partial charge < -0.3 is 0 Å². The van der Waals surface area contributed by atoms with Crippen LogP contribution >= 0.6 is 25.3 Å². The fourth-order valence-corrected chi connectivity index (χ4v) is 1.30. The van der Waals surface area contributed by atoms with E-state index in [-0.39, 0.29) is 13.5 Å². The molecule has 0 aliphatic rings. The zero-order valence-corrected chi connectivity index (χ0v) is 10.6. The molecule has 0 aliphatic heterocycles. The second-order valence-corrected chi connectivity index (χ2v) is 2.92. The molecular formula is C9H11F5S2. The van der Waals surface area contributed by atoms with Gasteiger partial charge in [-0.3, -0.25) is 0 Å². The van der Waals surface area contributed by atoms with Gasteiger partial charge in [-0.1, -0.05) is 13.8 Å². The smallest absolute Gasteiger partial charge is 0.200 e. The molecule has 0 atom stereocenters. The molecule has 0 fully saturated rings. The fraction of sp³-hybridized carbons (Fsp3) is 0.333. The van der Waals surface area contributed by atoms with Crippen molar-refractivity contribution in [1.82, 2.24) is 0 Å². The van der Waals surface area contributed by atoms with E-state index in [4.69, 9.17) is 0 Å². The quantitative estimate of drug-likeness (QED) is 0.320. The summed E-state index contributed by atoms with van der Waals surface area (Å²) >= 11 is 0.462. The molecule has 94 valence electrons. The highest BCUT2D eigenvalue weighted by molar-refractivity contribution is 7.98. The topological polar surface area (TPSA) is 0 Å². The van der Waals surface area contributed by atoms with Crippen LogP contribution in [0.5, 0.6) is 0 Å². The minimum Gasteiger partial charge on any atom is -0.202 e. The summed E-state index contributed by atoms with van der Waals surface area (Å²) in [5.74, 6) is -9.54. The molecule has 0 aromatic heterocycles. The number of rotatable bonds is 1. The minimum atomic E-state index is -2.13. The van der Waals surface area contributed by atoms with Crippen LogP contribution in [0.2, 0.25) is 0 Å². The second kappa shape index (κ2) is 7.78. The van der Waals surface area contributed by atoms with Crippen LogP contribution in [0, 0.1) is 29.1 Å². The highest BCUT2D eigenvalue weighted by Gasteiger charge is 2.24. The lowest BCUT2D eigenvalue weighted by Gasteiger charge is -2.04. The SMILES string of the molecule is CC.CSc1c(F)c(F)c(F)c(F)c1F.S. The Morgan fingerprint density at radius 1 is 0.688 bits per heavy atom. The first-order valence-electron chi connectivity index (χ1n) is 4.06. The molecule has 0 saturated carbocycles. The van der Waals surface area contributed by atoms with Crippen molar-refractivity contribution in [3.8, 4) is 0 Å². The standard InChI is InChI=1S/C7H3F5S.C2H6.H2S/c1-13-7-5(11)3(9)2(8)4(10)6(7)12;1-2;/h1H3;1-2H3;1H2. The molecule has 0 bridgehead atoms. The first-order chi connectivity index (χ1) is 7.00. The molecular weight excluding hydrogens is 267 g/mol. The molecule has 0 amide bonds. The molecule has 0 radical (unpaired) electrons. The zero-order valence-electron chi connectivity index (χ0n) is 8.80. The van der Waals surface area contributed by atoms with E-state index >= 15 is 0 Å². The van der Waals surface area contributed by atoms with E-state index in [9.17, 15) is 22.0 Å². The average Bonchev–Trinajstić information content (AvgIpc) is 2.27. The Bertz CT molecular complexity index is 325. The van der Waals surface area contributed by atoms with Crippen LogP contribution < -0.4 is 0 Å². The summed E-state index contributed by atoms with van der Waals surface area (Å²) in [5.41, 5.74) is 0. The Kier molecular flexibility index (Phi) is 8.73. The van der Waals surface area contributed by atoms with Gasteiger partial charge in [0.25, 0.3) is 0 Å². The van der Waals surface area contributed by atoms with Gasteiger partial charge >= 0.3 is 0 Å². The van der Waals surface area contributed by atoms with Gasteiger partial charge in [0, 0.05) is 0 Å². The van der Waals surface area contributed by atoms with Gasteiger partial charge in [-0.25, -0.2) is 22.0 Å². The summed E-state index contributed by atoms with van der Waals surface area (Å²) in [5, 5.41) is 0. The van der Waals surface area contributed by atoms with Crippen LogP contribution in [0.25, 0.3) is 0 Å². The van der Waals surface area contributed by atoms with Crippen LogP contribution in [-0.2, 0) is 0 Å². The summed E-state index contributed by atoms with van der Waals surface area (Å²) in [4.78, 5) is -0.864. The second-order valence-electron chi connectivity index (χ2n) is 2.10. The number of benzene rings is 1. The summed E-state index contributed by atoms with van der Waals surface area (Å²) in [6, 6.07) is 0. The summed E-state index contributed by atoms with van der Waals surface area (Å²) < 4.78 is 62.5. The van der Waals surface area contributed by atoms with E-state index in [0.29, 0.717) is 11.8 Å². The maximum absolute atomic E-state index is 12.7. The monoisotopic (exact) mass is 278 g/mol. The molecule has 1 rings (SSSR count). The van der Waals surface area contributed by atoms with Crippen LogP contribution in [-0.4, -0.2) is 6.26 Å². The molecule has 0 saturated heterocycles. The van der Waals surface area contributed by atoms with Crippen LogP contribution in [0.1, 0.15) is 13.8 Å². The Morgan fingerprint density at radius 2 is 0.938 bits per heavy atom. The lowest BCUT2D eigenvalue weighted by Crippen LogP contribution is -2.02. The van der Waals surface area contributed by atoms with Gasteiger partial charge in [0.15, 0.2) is 23.3 Å². The van der Waals surface area contributed by atoms with Crippen molar-refractivity contribution in [1.29, 1.82) is 0 Å². The molecule has 0 heterocycles. The van der Waals surface area contributed by atoms with Crippen molar-refractivity contribution < 1.29 is 22.0 Å². The molecule has 0 unspecified atom stereocenters. The third-order valence-electron chi connectivity index (χ3n) is 1.37. The minimum absolute atomic E-state index is 0. The Labute approximate surface area is 102 Å². The molecule has 0 aliphatic carbocycles. The largest absolute Gasteiger partial charge is 0.202 e. The number of hydrogen-bond donors (Lipinski definition) is 0. The molecule has 1 aromatic rings. The van der Waals surface area contributed by atoms with Crippen molar-refractivity contribution in [2.24, 2.45) is 0 Å². The number of thioether (sulfide) groups is 1. The van der Waals surface area contributed by atoms with Gasteiger partial charge in [-0.15, -0.1) is 11.8 Å². The van der Waals surface area contributed by atoms with Gasteiger partial charge in [-0.05, 0) is 6.26 Å². The number of halogens is 5. The van der Waals surface area contributed by atoms with E-state index in [1.54, 1.807) is 0 Å². The number of hydrogen-bond acceptors (Lipinski definition) is 1. The first kappa shape index (κ1) is 17.9. The average molecular weight is 278 g/mol. The van der Waals surface area contributed by atoms with E-state index < -0.39 is 34.0 Å². The Hall–Kier alpha value is -0.430. The molecule has 16 heavy (non-hydrogen) atoms. The molecule has 0 nitrogen and oxygen atoms in total. The predicted octanol–water partition coefficient (Wildman–Crippen LogP) is 4.24. The van der Waals surface area contributed by atoms with Crippen molar-refractivity contribution in [3.63, 3.8) is 0 Å². The first-order valence-corrected chi connectivity index (χ1v) is 5.28. The maximum atomic E-state index is 12.7. The van der Waals surface area contributed by atoms with Crippen LogP contribution in [0.4, 0.5) is 22.0 Å². The predicted molar refractivity (Wildman–Crippen MR) is 59.7 cm³/mol. The van der Waals surface area contributed by atoms with E-state index in [1.165, 1.54) is 6.26 Å². The lowest BCUT2D eigenvalue weighted by molar-refractivity contribution is 0.361. The maximum Gasteiger partial charge on any atom is 0.200 e. The van der Waals surface area contributed by atoms with E-state index in [1.807, 2.05) is 13.8 Å². The third-order valence-corrected chi connectivity index (χ3v) is 2.14. The van der Waals surface area contributed by atoms with Crippen molar-refractivity contribution in [3.05, 3.63) is 29.1 Å². The summed E-state index contributed by atoms with van der Waals surface area (Å²) in [6.45, 7) is 4.00. The van der Waals surface area contributed by atoms with Crippen molar-refractivity contribution in [2.45, 2.75) is 18.7 Å². The highest BCUT2D eigenvalue weighted by Crippen LogP contribution is 2.28. The van der Waals surface area contributed by atoms with Crippen molar-refractivity contribution >= 4 is 25.3 Å². The normalized spacial score (nSPS) is 9.00. The zero-order chi connectivity index (χ0) is 12.2. The van der Waals surface area contributed by atoms with Gasteiger partial charge in [0.2, 0.25) is 5.82 Å². The Balaban J connectivity index is 0. The molecule has 1 aromatic carbocycles. The third kappa shape index (κ3) is 3.28. The van der Waals surface area contributed by atoms with Crippen LogP contribution in [0.15, 0.2) is 4.90 Å². The van der Waals surface area contributed by atoms with Crippen molar-refractivity contribution in [2.75, 3.05) is 6.26 Å². The van der Waals surface area contributed by atoms with Gasteiger partial charge in [0.1, 0.15) is 0 Å². The Morgan fingerprint density at radius 3 is 1.19 bits per heavy atom. The van der Waals surface area contributed by atoms with E-state index in [2.05, 4.69) is 0 Å². The molecule has 0 spiro atoms. The summed E-state index contributed by atoms with van der Waals surface area (Å²) in [6.07, 6.45) is 1.22. The molecule has 7 heteroatoms. The lowest BCUT2D eigenvalue weighted by atomic mass is 10.3. The van der Waals surface area contributed by atoms with Gasteiger partial charge in [0.05, 0.1) is 4.90 Å².